The van der Waals surface area contributed by atoms with Crippen molar-refractivity contribution in [1.82, 2.24) is 15.3 Å². The number of para-hydroxylation sites is 1. The van der Waals surface area contributed by atoms with Gasteiger partial charge >= 0.3 is 0 Å². The molecule has 5 nitrogen and oxygen atoms in total. The number of aromatic nitrogens is 2. The number of hydrogen-bond donors (Lipinski definition) is 1. The van der Waals surface area contributed by atoms with E-state index < -0.39 is 6.10 Å². The number of carbonyl (C=O) groups is 1. The molecule has 0 unspecified atom stereocenters. The van der Waals surface area contributed by atoms with Crippen molar-refractivity contribution in [3.8, 4) is 16.3 Å². The molecule has 0 saturated carbocycles. The second kappa shape index (κ2) is 7.70. The predicted octanol–water partition coefficient (Wildman–Crippen LogP) is 3.29. The first-order valence-corrected chi connectivity index (χ1v) is 8.45. The van der Waals surface area contributed by atoms with E-state index in [4.69, 9.17) is 4.74 Å². The Labute approximate surface area is 144 Å². The smallest absolute Gasteiger partial charge is 0.261 e. The lowest BCUT2D eigenvalue weighted by Crippen LogP contribution is -2.36. The van der Waals surface area contributed by atoms with Crippen LogP contribution in [0.3, 0.4) is 0 Å². The van der Waals surface area contributed by atoms with E-state index in [1.165, 1.54) is 0 Å². The van der Waals surface area contributed by atoms with Gasteiger partial charge < -0.3 is 10.1 Å². The van der Waals surface area contributed by atoms with Gasteiger partial charge in [0.15, 0.2) is 6.10 Å². The van der Waals surface area contributed by atoms with E-state index in [1.54, 1.807) is 30.7 Å². The molecule has 3 aromatic rings. The summed E-state index contributed by atoms with van der Waals surface area (Å²) in [6, 6.07) is 13.2. The maximum atomic E-state index is 12.2. The van der Waals surface area contributed by atoms with Gasteiger partial charge in [-0.25, -0.2) is 0 Å². The summed E-state index contributed by atoms with van der Waals surface area (Å²) in [5.74, 6) is 0.473. The molecule has 3 rings (SSSR count). The third-order valence-corrected chi connectivity index (χ3v) is 4.26. The van der Waals surface area contributed by atoms with Crippen LogP contribution in [0.4, 0.5) is 0 Å². The maximum absolute atomic E-state index is 12.2. The Morgan fingerprint density at radius 3 is 2.71 bits per heavy atom. The Bertz CT molecular complexity index is 791. The van der Waals surface area contributed by atoms with Gasteiger partial charge in [-0.2, -0.15) is 0 Å². The van der Waals surface area contributed by atoms with E-state index >= 15 is 0 Å². The van der Waals surface area contributed by atoms with Crippen LogP contribution in [-0.2, 0) is 11.3 Å². The first-order valence-electron chi connectivity index (χ1n) is 7.57. The molecule has 0 spiro atoms. The molecular weight excluding hydrogens is 322 g/mol. The number of amides is 1. The van der Waals surface area contributed by atoms with Gasteiger partial charge in [0.25, 0.3) is 5.91 Å². The van der Waals surface area contributed by atoms with Crippen LogP contribution in [0.5, 0.6) is 5.75 Å². The van der Waals surface area contributed by atoms with E-state index in [0.29, 0.717) is 12.3 Å². The lowest BCUT2D eigenvalue weighted by molar-refractivity contribution is -0.127. The Morgan fingerprint density at radius 2 is 1.96 bits per heavy atom. The van der Waals surface area contributed by atoms with Crippen molar-refractivity contribution >= 4 is 17.2 Å². The van der Waals surface area contributed by atoms with Crippen LogP contribution in [0, 0.1) is 0 Å². The van der Waals surface area contributed by atoms with Gasteiger partial charge in [0, 0.05) is 12.4 Å². The summed E-state index contributed by atoms with van der Waals surface area (Å²) < 4.78 is 5.62. The highest BCUT2D eigenvalue weighted by atomic mass is 32.1. The Hall–Kier alpha value is -2.73. The molecule has 122 valence electrons. The summed E-state index contributed by atoms with van der Waals surface area (Å²) in [7, 11) is 0. The Balaban J connectivity index is 1.63. The number of nitrogens with zero attached hydrogens (tertiary/aromatic N) is 2. The molecule has 0 bridgehead atoms. The third kappa shape index (κ3) is 3.97. The van der Waals surface area contributed by atoms with Crippen LogP contribution in [0.25, 0.3) is 10.6 Å². The standard InChI is InChI=1S/C18H17N3O2S/c1-13(23-14-6-3-2-4-7-14)18(22)21-12-15-17(20-10-9-19-15)16-8-5-11-24-16/h2-11,13H,12H2,1H3,(H,21,22)/t13-/m1/s1. The van der Waals surface area contributed by atoms with Crippen molar-refractivity contribution in [2.24, 2.45) is 0 Å². The molecule has 2 aromatic heterocycles. The van der Waals surface area contributed by atoms with Gasteiger partial charge in [0.2, 0.25) is 0 Å². The molecule has 0 saturated heterocycles. The Kier molecular flexibility index (Phi) is 5.18. The number of ether oxygens (including phenoxy) is 1. The molecule has 6 heteroatoms. The highest BCUT2D eigenvalue weighted by Gasteiger charge is 2.16. The van der Waals surface area contributed by atoms with Crippen molar-refractivity contribution in [2.45, 2.75) is 19.6 Å². The largest absolute Gasteiger partial charge is 0.481 e. The normalized spacial score (nSPS) is 11.7. The molecular formula is C18H17N3O2S. The van der Waals surface area contributed by atoms with E-state index in [-0.39, 0.29) is 5.91 Å². The van der Waals surface area contributed by atoms with Crippen molar-refractivity contribution < 1.29 is 9.53 Å². The summed E-state index contributed by atoms with van der Waals surface area (Å²) in [6.07, 6.45) is 2.69. The average molecular weight is 339 g/mol. The minimum Gasteiger partial charge on any atom is -0.481 e. The van der Waals surface area contributed by atoms with Gasteiger partial charge in [-0.3, -0.25) is 14.8 Å². The summed E-state index contributed by atoms with van der Waals surface area (Å²) in [4.78, 5) is 22.0. The summed E-state index contributed by atoms with van der Waals surface area (Å²) >= 11 is 1.59. The fourth-order valence-electron chi connectivity index (χ4n) is 2.19. The average Bonchev–Trinajstić information content (AvgIpc) is 3.15. The van der Waals surface area contributed by atoms with Crippen LogP contribution in [0.2, 0.25) is 0 Å². The van der Waals surface area contributed by atoms with Crippen molar-refractivity contribution in [3.63, 3.8) is 0 Å². The van der Waals surface area contributed by atoms with Gasteiger partial charge in [-0.15, -0.1) is 11.3 Å². The monoisotopic (exact) mass is 339 g/mol. The molecule has 1 N–H and O–H groups in total. The van der Waals surface area contributed by atoms with Crippen LogP contribution < -0.4 is 10.1 Å². The zero-order valence-corrected chi connectivity index (χ0v) is 14.0. The zero-order chi connectivity index (χ0) is 16.8. The molecule has 0 fully saturated rings. The number of benzene rings is 1. The van der Waals surface area contributed by atoms with Crippen LogP contribution in [-0.4, -0.2) is 22.0 Å². The number of carbonyl (C=O) groups excluding carboxylic acids is 1. The van der Waals surface area contributed by atoms with Gasteiger partial charge in [0.05, 0.1) is 17.1 Å². The number of hydrogen-bond acceptors (Lipinski definition) is 5. The van der Waals surface area contributed by atoms with Crippen molar-refractivity contribution in [3.05, 3.63) is 65.9 Å². The Morgan fingerprint density at radius 1 is 1.17 bits per heavy atom. The van der Waals surface area contributed by atoms with Crippen molar-refractivity contribution in [1.29, 1.82) is 0 Å². The first kappa shape index (κ1) is 16.1. The van der Waals surface area contributed by atoms with Crippen molar-refractivity contribution in [2.75, 3.05) is 0 Å². The fraction of sp³-hybridized carbons (Fsp3) is 0.167. The lowest BCUT2D eigenvalue weighted by atomic mass is 10.2. The minimum absolute atomic E-state index is 0.193. The molecule has 0 radical (unpaired) electrons. The van der Waals surface area contributed by atoms with Crippen LogP contribution in [0.1, 0.15) is 12.6 Å². The van der Waals surface area contributed by atoms with Gasteiger partial charge in [-0.05, 0) is 30.5 Å². The van der Waals surface area contributed by atoms with Gasteiger partial charge in [-0.1, -0.05) is 24.3 Å². The van der Waals surface area contributed by atoms with E-state index in [0.717, 1.165) is 16.3 Å². The predicted molar refractivity (Wildman–Crippen MR) is 93.7 cm³/mol. The maximum Gasteiger partial charge on any atom is 0.261 e. The highest BCUT2D eigenvalue weighted by molar-refractivity contribution is 7.13. The first-order chi connectivity index (χ1) is 11.7. The quantitative estimate of drug-likeness (QED) is 0.748. The molecule has 24 heavy (non-hydrogen) atoms. The number of rotatable bonds is 6. The summed E-state index contributed by atoms with van der Waals surface area (Å²) in [5.41, 5.74) is 1.53. The fourth-order valence-corrected chi connectivity index (χ4v) is 2.93. The van der Waals surface area contributed by atoms with E-state index in [9.17, 15) is 4.79 Å². The molecule has 1 amide bonds. The molecule has 0 aliphatic carbocycles. The van der Waals surface area contributed by atoms with E-state index in [1.807, 2.05) is 47.8 Å². The minimum atomic E-state index is -0.589. The van der Waals surface area contributed by atoms with Crippen LogP contribution >= 0.6 is 11.3 Å². The molecule has 0 aliphatic rings. The SMILES string of the molecule is C[C@@H](Oc1ccccc1)C(=O)NCc1nccnc1-c1cccs1. The van der Waals surface area contributed by atoms with Crippen LogP contribution in [0.15, 0.2) is 60.2 Å². The summed E-state index contributed by atoms with van der Waals surface area (Å²) in [6.45, 7) is 2.03. The molecule has 1 atom stereocenters. The molecule has 1 aromatic carbocycles. The third-order valence-electron chi connectivity index (χ3n) is 3.38. The zero-order valence-electron chi connectivity index (χ0n) is 13.2. The number of thiophene rings is 1. The topological polar surface area (TPSA) is 64.1 Å². The highest BCUT2D eigenvalue weighted by Crippen LogP contribution is 2.24. The second-order valence-electron chi connectivity index (χ2n) is 5.12. The molecule has 0 aliphatic heterocycles. The lowest BCUT2D eigenvalue weighted by Gasteiger charge is -2.15. The second-order valence-corrected chi connectivity index (χ2v) is 6.07. The van der Waals surface area contributed by atoms with E-state index in [2.05, 4.69) is 15.3 Å². The number of nitrogens with one attached hydrogen (secondary N) is 1. The summed E-state index contributed by atoms with van der Waals surface area (Å²) in [5, 5.41) is 4.85. The van der Waals surface area contributed by atoms with Gasteiger partial charge in [0.1, 0.15) is 11.4 Å². The molecule has 2 heterocycles.